The summed E-state index contributed by atoms with van der Waals surface area (Å²) in [7, 11) is 4.05. The van der Waals surface area contributed by atoms with Gasteiger partial charge in [0.15, 0.2) is 0 Å². The molecule has 0 bridgehead atoms. The zero-order chi connectivity index (χ0) is 22.5. The highest BCUT2D eigenvalue weighted by atomic mass is 16.5. The molecule has 0 heterocycles. The summed E-state index contributed by atoms with van der Waals surface area (Å²) in [6.45, 7) is 3.16. The van der Waals surface area contributed by atoms with Crippen molar-refractivity contribution in [3.8, 4) is 0 Å². The molecule has 0 aromatic rings. The molecular formula is C25H49NO4. The smallest absolute Gasteiger partial charge is 0.306 e. The fourth-order valence-corrected chi connectivity index (χ4v) is 3.73. The topological polar surface area (TPSA) is 66.8 Å². The first-order valence-corrected chi connectivity index (χ1v) is 12.5. The summed E-state index contributed by atoms with van der Waals surface area (Å²) < 4.78 is 5.83. The van der Waals surface area contributed by atoms with Gasteiger partial charge in [0.1, 0.15) is 6.10 Å². The van der Waals surface area contributed by atoms with E-state index in [4.69, 9.17) is 9.84 Å². The molecular weight excluding hydrogens is 378 g/mol. The molecule has 30 heavy (non-hydrogen) atoms. The minimum absolute atomic E-state index is 0.0431. The molecule has 0 aromatic heterocycles. The van der Waals surface area contributed by atoms with E-state index >= 15 is 0 Å². The van der Waals surface area contributed by atoms with Crippen molar-refractivity contribution in [1.82, 2.24) is 4.90 Å². The SMILES string of the molecule is CCCCCCCCCC(CCCCCCCCC(=O)O)OC(=O)CCCN(C)C. The number of carbonyl (C=O) groups is 2. The van der Waals surface area contributed by atoms with Crippen LogP contribution in [0.5, 0.6) is 0 Å². The summed E-state index contributed by atoms with van der Waals surface area (Å²) in [5.74, 6) is -0.742. The van der Waals surface area contributed by atoms with E-state index in [-0.39, 0.29) is 18.5 Å². The lowest BCUT2D eigenvalue weighted by Gasteiger charge is -2.18. The Morgan fingerprint density at radius 1 is 0.733 bits per heavy atom. The molecule has 5 nitrogen and oxygen atoms in total. The number of hydrogen-bond acceptors (Lipinski definition) is 4. The molecule has 0 amide bonds. The van der Waals surface area contributed by atoms with E-state index in [1.165, 1.54) is 38.5 Å². The van der Waals surface area contributed by atoms with Gasteiger partial charge in [0.2, 0.25) is 0 Å². The van der Waals surface area contributed by atoms with Gasteiger partial charge in [-0.2, -0.15) is 0 Å². The third kappa shape index (κ3) is 21.6. The van der Waals surface area contributed by atoms with Gasteiger partial charge in [0.05, 0.1) is 0 Å². The zero-order valence-corrected chi connectivity index (χ0v) is 20.1. The molecule has 1 N–H and O–H groups in total. The highest BCUT2D eigenvalue weighted by Gasteiger charge is 2.14. The number of carboxylic acids is 1. The van der Waals surface area contributed by atoms with Crippen molar-refractivity contribution in [2.24, 2.45) is 0 Å². The molecule has 0 saturated carbocycles. The summed E-state index contributed by atoms with van der Waals surface area (Å²) in [6.07, 6.45) is 18.9. The van der Waals surface area contributed by atoms with Gasteiger partial charge in [-0.3, -0.25) is 9.59 Å². The molecule has 0 spiro atoms. The Balaban J connectivity index is 4.04. The van der Waals surface area contributed by atoms with Crippen LogP contribution in [0.2, 0.25) is 0 Å². The van der Waals surface area contributed by atoms with E-state index in [9.17, 15) is 9.59 Å². The normalized spacial score (nSPS) is 12.3. The van der Waals surface area contributed by atoms with Crippen LogP contribution in [0, 0.1) is 0 Å². The molecule has 0 aliphatic rings. The minimum atomic E-state index is -0.699. The van der Waals surface area contributed by atoms with Gasteiger partial charge in [-0.1, -0.05) is 71.1 Å². The van der Waals surface area contributed by atoms with Crippen LogP contribution in [-0.2, 0) is 14.3 Å². The van der Waals surface area contributed by atoms with E-state index < -0.39 is 5.97 Å². The van der Waals surface area contributed by atoms with Gasteiger partial charge in [-0.05, 0) is 59.2 Å². The molecule has 1 atom stereocenters. The quantitative estimate of drug-likeness (QED) is 0.156. The second-order valence-corrected chi connectivity index (χ2v) is 8.98. The van der Waals surface area contributed by atoms with Gasteiger partial charge in [-0.15, -0.1) is 0 Å². The van der Waals surface area contributed by atoms with Crippen LogP contribution in [-0.4, -0.2) is 48.7 Å². The van der Waals surface area contributed by atoms with Gasteiger partial charge in [0, 0.05) is 12.8 Å². The van der Waals surface area contributed by atoms with Gasteiger partial charge in [-0.25, -0.2) is 0 Å². The average molecular weight is 428 g/mol. The summed E-state index contributed by atoms with van der Waals surface area (Å²) in [4.78, 5) is 24.8. The Hall–Kier alpha value is -1.10. The van der Waals surface area contributed by atoms with Crippen molar-refractivity contribution in [2.75, 3.05) is 20.6 Å². The third-order valence-electron chi connectivity index (χ3n) is 5.58. The fraction of sp³-hybridized carbons (Fsp3) is 0.920. The maximum absolute atomic E-state index is 12.2. The zero-order valence-electron chi connectivity index (χ0n) is 20.1. The predicted molar refractivity (Wildman–Crippen MR) is 125 cm³/mol. The standard InChI is InChI=1S/C25H49NO4/c1-4-5-6-7-8-11-14-18-23(30-25(29)21-17-22-26(2)3)19-15-12-9-10-13-16-20-24(27)28/h23H,4-22H2,1-3H3,(H,27,28). The van der Waals surface area contributed by atoms with Gasteiger partial charge in [0.25, 0.3) is 0 Å². The lowest BCUT2D eigenvalue weighted by molar-refractivity contribution is -0.150. The van der Waals surface area contributed by atoms with Gasteiger partial charge < -0.3 is 14.7 Å². The first kappa shape index (κ1) is 28.9. The van der Waals surface area contributed by atoms with Crippen molar-refractivity contribution >= 4 is 11.9 Å². The fourth-order valence-electron chi connectivity index (χ4n) is 3.73. The average Bonchev–Trinajstić information content (AvgIpc) is 2.68. The summed E-state index contributed by atoms with van der Waals surface area (Å²) >= 11 is 0. The number of carboxylic acid groups (broad SMARTS) is 1. The molecule has 0 fully saturated rings. The van der Waals surface area contributed by atoms with Gasteiger partial charge >= 0.3 is 11.9 Å². The Kier molecular flexibility index (Phi) is 20.4. The Morgan fingerprint density at radius 3 is 1.73 bits per heavy atom. The highest BCUT2D eigenvalue weighted by molar-refractivity contribution is 5.69. The molecule has 0 radical (unpaired) electrons. The second-order valence-electron chi connectivity index (χ2n) is 8.98. The lowest BCUT2D eigenvalue weighted by Crippen LogP contribution is -2.20. The van der Waals surface area contributed by atoms with Crippen molar-refractivity contribution in [1.29, 1.82) is 0 Å². The van der Waals surface area contributed by atoms with E-state index in [2.05, 4.69) is 11.8 Å². The van der Waals surface area contributed by atoms with E-state index in [0.29, 0.717) is 6.42 Å². The van der Waals surface area contributed by atoms with Crippen LogP contribution in [0.15, 0.2) is 0 Å². The van der Waals surface area contributed by atoms with Crippen molar-refractivity contribution in [3.05, 3.63) is 0 Å². The molecule has 178 valence electrons. The molecule has 5 heteroatoms. The predicted octanol–water partition coefficient (Wildman–Crippen LogP) is 6.59. The first-order chi connectivity index (χ1) is 14.5. The van der Waals surface area contributed by atoms with Crippen LogP contribution in [0.3, 0.4) is 0 Å². The number of rotatable bonds is 22. The number of carbonyl (C=O) groups excluding carboxylic acids is 1. The Morgan fingerprint density at radius 2 is 1.23 bits per heavy atom. The number of unbranched alkanes of at least 4 members (excludes halogenated alkanes) is 11. The minimum Gasteiger partial charge on any atom is -0.481 e. The largest absolute Gasteiger partial charge is 0.481 e. The second kappa shape index (κ2) is 21.1. The van der Waals surface area contributed by atoms with Crippen LogP contribution < -0.4 is 0 Å². The number of esters is 1. The lowest BCUT2D eigenvalue weighted by atomic mass is 10.0. The number of hydrogen-bond donors (Lipinski definition) is 1. The summed E-state index contributed by atoms with van der Waals surface area (Å²) in [5, 5.41) is 8.67. The van der Waals surface area contributed by atoms with E-state index in [1.807, 2.05) is 14.1 Å². The van der Waals surface area contributed by atoms with E-state index in [1.54, 1.807) is 0 Å². The maximum Gasteiger partial charge on any atom is 0.306 e. The molecule has 0 saturated heterocycles. The summed E-state index contributed by atoms with van der Waals surface area (Å²) in [5.41, 5.74) is 0. The Labute approximate surface area is 185 Å². The van der Waals surface area contributed by atoms with Crippen molar-refractivity contribution < 1.29 is 19.4 Å². The molecule has 0 aliphatic heterocycles. The summed E-state index contributed by atoms with van der Waals surface area (Å²) in [6, 6.07) is 0. The van der Waals surface area contributed by atoms with Crippen molar-refractivity contribution in [2.45, 2.75) is 129 Å². The first-order valence-electron chi connectivity index (χ1n) is 12.5. The number of aliphatic carboxylic acids is 1. The molecule has 0 aliphatic carbocycles. The monoisotopic (exact) mass is 427 g/mol. The molecule has 1 unspecified atom stereocenters. The number of nitrogens with zero attached hydrogens (tertiary/aromatic N) is 1. The van der Waals surface area contributed by atoms with Crippen molar-refractivity contribution in [3.63, 3.8) is 0 Å². The Bertz CT molecular complexity index is 412. The van der Waals surface area contributed by atoms with Crippen LogP contribution in [0.25, 0.3) is 0 Å². The molecule has 0 aromatic carbocycles. The van der Waals surface area contributed by atoms with Crippen LogP contribution in [0.4, 0.5) is 0 Å². The van der Waals surface area contributed by atoms with Crippen LogP contribution >= 0.6 is 0 Å². The number of ether oxygens (including phenoxy) is 1. The molecule has 0 rings (SSSR count). The third-order valence-corrected chi connectivity index (χ3v) is 5.58. The van der Waals surface area contributed by atoms with Crippen LogP contribution in [0.1, 0.15) is 122 Å². The highest BCUT2D eigenvalue weighted by Crippen LogP contribution is 2.18. The maximum atomic E-state index is 12.2. The van der Waals surface area contributed by atoms with E-state index in [0.717, 1.165) is 70.8 Å².